The Morgan fingerprint density at radius 3 is 2.67 bits per heavy atom. The van der Waals surface area contributed by atoms with Crippen molar-refractivity contribution in [2.45, 2.75) is 6.42 Å². The number of halogens is 2. The maximum absolute atomic E-state index is 11.7. The fraction of sp³-hybridized carbons (Fsp3) is 0.0667. The number of hydrogen-bond acceptors (Lipinski definition) is 3. The molecule has 0 aliphatic carbocycles. The number of amides is 1. The lowest BCUT2D eigenvalue weighted by Gasteiger charge is -2.03. The highest BCUT2D eigenvalue weighted by Gasteiger charge is 2.05. The summed E-state index contributed by atoms with van der Waals surface area (Å²) < 4.78 is 1.74. The van der Waals surface area contributed by atoms with Crippen LogP contribution >= 0.6 is 45.2 Å². The lowest BCUT2D eigenvalue weighted by atomic mass is 10.1. The summed E-state index contributed by atoms with van der Waals surface area (Å²) >= 11 is 4.21. The predicted molar refractivity (Wildman–Crippen MR) is 99.4 cm³/mol. The summed E-state index contributed by atoms with van der Waals surface area (Å²) in [6.07, 6.45) is 1.72. The Hall–Kier alpha value is -1.16. The normalized spacial score (nSPS) is 10.8. The molecule has 2 aromatic carbocycles. The number of hydrogen-bond donors (Lipinski definition) is 2. The first-order valence-electron chi connectivity index (χ1n) is 6.10. The number of aromatic hydroxyl groups is 1. The predicted octanol–water partition coefficient (Wildman–Crippen LogP) is 3.29. The van der Waals surface area contributed by atoms with Crippen LogP contribution in [0.25, 0.3) is 0 Å². The monoisotopic (exact) mass is 506 g/mol. The van der Waals surface area contributed by atoms with E-state index in [2.05, 4.69) is 55.7 Å². The minimum absolute atomic E-state index is 0.164. The van der Waals surface area contributed by atoms with Crippen molar-refractivity contribution in [1.29, 1.82) is 0 Å². The summed E-state index contributed by atoms with van der Waals surface area (Å²) in [7, 11) is 0. The molecular weight excluding hydrogens is 494 g/mol. The first kappa shape index (κ1) is 16.2. The quantitative estimate of drug-likeness (QED) is 0.380. The van der Waals surface area contributed by atoms with E-state index in [1.807, 2.05) is 36.4 Å². The van der Waals surface area contributed by atoms with Gasteiger partial charge in [-0.25, -0.2) is 5.43 Å². The first-order valence-corrected chi connectivity index (χ1v) is 8.26. The van der Waals surface area contributed by atoms with Crippen molar-refractivity contribution in [3.63, 3.8) is 0 Å². The molecule has 0 heterocycles. The second kappa shape index (κ2) is 7.74. The molecule has 0 aliphatic rings. The number of phenolic OH excluding ortho intramolecular Hbond substituents is 1. The van der Waals surface area contributed by atoms with Gasteiger partial charge in [0, 0.05) is 9.13 Å². The van der Waals surface area contributed by atoms with Gasteiger partial charge in [0.2, 0.25) is 5.91 Å². The van der Waals surface area contributed by atoms with Gasteiger partial charge in [-0.1, -0.05) is 30.3 Å². The average molecular weight is 506 g/mol. The number of benzene rings is 2. The van der Waals surface area contributed by atoms with Gasteiger partial charge in [0.15, 0.2) is 0 Å². The highest BCUT2D eigenvalue weighted by Crippen LogP contribution is 2.25. The third kappa shape index (κ3) is 4.95. The van der Waals surface area contributed by atoms with Crippen LogP contribution in [-0.4, -0.2) is 17.2 Å². The number of carbonyl (C=O) groups is 1. The molecule has 1 amide bonds. The summed E-state index contributed by atoms with van der Waals surface area (Å²) in [5.41, 5.74) is 3.96. The molecule has 0 bridgehead atoms. The van der Waals surface area contributed by atoms with E-state index in [9.17, 15) is 9.90 Å². The van der Waals surface area contributed by atoms with Crippen molar-refractivity contribution in [2.24, 2.45) is 5.10 Å². The smallest absolute Gasteiger partial charge is 0.244 e. The zero-order valence-corrected chi connectivity index (χ0v) is 15.2. The highest BCUT2D eigenvalue weighted by molar-refractivity contribution is 14.1. The highest BCUT2D eigenvalue weighted by atomic mass is 127. The van der Waals surface area contributed by atoms with Crippen LogP contribution in [0.2, 0.25) is 0 Å². The van der Waals surface area contributed by atoms with Gasteiger partial charge in [-0.15, -0.1) is 0 Å². The largest absolute Gasteiger partial charge is 0.506 e. The third-order valence-corrected chi connectivity index (χ3v) is 4.10. The second-order valence-electron chi connectivity index (χ2n) is 4.28. The van der Waals surface area contributed by atoms with Crippen molar-refractivity contribution < 1.29 is 9.90 Å². The van der Waals surface area contributed by atoms with Crippen LogP contribution in [-0.2, 0) is 11.2 Å². The van der Waals surface area contributed by atoms with E-state index in [0.717, 1.165) is 12.7 Å². The molecule has 2 aromatic rings. The maximum Gasteiger partial charge on any atom is 0.244 e. The van der Waals surface area contributed by atoms with E-state index in [0.29, 0.717) is 5.56 Å². The van der Waals surface area contributed by atoms with Crippen LogP contribution in [0, 0.1) is 7.14 Å². The van der Waals surface area contributed by atoms with Crippen molar-refractivity contribution >= 4 is 57.3 Å². The number of nitrogens with zero attached hydrogens (tertiary/aromatic N) is 1. The molecule has 0 atom stereocenters. The van der Waals surface area contributed by atoms with Crippen LogP contribution in [0.3, 0.4) is 0 Å². The van der Waals surface area contributed by atoms with E-state index < -0.39 is 0 Å². The SMILES string of the molecule is O=C(Cc1ccccc1)N/N=C/c1cc(I)cc(I)c1O. The zero-order valence-electron chi connectivity index (χ0n) is 10.9. The molecule has 0 aromatic heterocycles. The Bertz CT molecular complexity index is 673. The van der Waals surface area contributed by atoms with Gasteiger partial charge < -0.3 is 5.11 Å². The topological polar surface area (TPSA) is 61.7 Å². The second-order valence-corrected chi connectivity index (χ2v) is 6.69. The Balaban J connectivity index is 1.98. The van der Waals surface area contributed by atoms with Crippen LogP contribution in [0.1, 0.15) is 11.1 Å². The minimum Gasteiger partial charge on any atom is -0.506 e. The number of rotatable bonds is 4. The minimum atomic E-state index is -0.197. The molecular formula is C15H12I2N2O2. The molecule has 0 unspecified atom stereocenters. The lowest BCUT2D eigenvalue weighted by Crippen LogP contribution is -2.19. The molecule has 21 heavy (non-hydrogen) atoms. The Morgan fingerprint density at radius 1 is 1.24 bits per heavy atom. The summed E-state index contributed by atoms with van der Waals surface area (Å²) in [5, 5.41) is 13.8. The molecule has 0 radical (unpaired) electrons. The van der Waals surface area contributed by atoms with E-state index in [-0.39, 0.29) is 18.1 Å². The summed E-state index contributed by atoms with van der Waals surface area (Å²) in [4.78, 5) is 11.7. The van der Waals surface area contributed by atoms with E-state index in [1.165, 1.54) is 6.21 Å². The summed E-state index contributed by atoms with van der Waals surface area (Å²) in [6.45, 7) is 0. The number of carbonyl (C=O) groups excluding carboxylic acids is 1. The van der Waals surface area contributed by atoms with E-state index in [4.69, 9.17) is 0 Å². The molecule has 0 fully saturated rings. The molecule has 0 aliphatic heterocycles. The van der Waals surface area contributed by atoms with Crippen LogP contribution in [0.4, 0.5) is 0 Å². The van der Waals surface area contributed by atoms with E-state index >= 15 is 0 Å². The van der Waals surface area contributed by atoms with Crippen molar-refractivity contribution in [2.75, 3.05) is 0 Å². The van der Waals surface area contributed by atoms with Crippen molar-refractivity contribution in [1.82, 2.24) is 5.43 Å². The molecule has 0 spiro atoms. The van der Waals surface area contributed by atoms with Gasteiger partial charge in [-0.2, -0.15) is 5.10 Å². The first-order chi connectivity index (χ1) is 10.1. The third-order valence-electron chi connectivity index (χ3n) is 2.66. The molecule has 108 valence electrons. The molecule has 0 saturated heterocycles. The van der Waals surface area contributed by atoms with E-state index in [1.54, 1.807) is 6.07 Å². The van der Waals surface area contributed by atoms with Crippen LogP contribution < -0.4 is 5.43 Å². The fourth-order valence-corrected chi connectivity index (χ4v) is 3.57. The van der Waals surface area contributed by atoms with Gasteiger partial charge >= 0.3 is 0 Å². The summed E-state index contributed by atoms with van der Waals surface area (Å²) in [6, 6.07) is 13.1. The molecule has 6 heteroatoms. The van der Waals surface area contributed by atoms with Crippen LogP contribution in [0.5, 0.6) is 5.75 Å². The Labute approximate surface area is 149 Å². The van der Waals surface area contributed by atoms with Gasteiger partial charge in [0.1, 0.15) is 5.75 Å². The maximum atomic E-state index is 11.7. The molecule has 2 N–H and O–H groups in total. The van der Waals surface area contributed by atoms with Gasteiger partial charge in [0.25, 0.3) is 0 Å². The van der Waals surface area contributed by atoms with Gasteiger partial charge in [-0.3, -0.25) is 4.79 Å². The number of hydrazone groups is 1. The van der Waals surface area contributed by atoms with Crippen molar-refractivity contribution in [3.8, 4) is 5.75 Å². The summed E-state index contributed by atoms with van der Waals surface area (Å²) in [5.74, 6) is -0.0330. The molecule has 2 rings (SSSR count). The average Bonchev–Trinajstić information content (AvgIpc) is 2.45. The fourth-order valence-electron chi connectivity index (χ4n) is 1.68. The number of phenols is 1. The standard InChI is InChI=1S/C15H12I2N2O2/c16-12-7-11(15(21)13(17)8-12)9-18-19-14(20)6-10-4-2-1-3-5-10/h1-5,7-9,21H,6H2,(H,19,20)/b18-9+. The van der Waals surface area contributed by atoms with Crippen LogP contribution in [0.15, 0.2) is 47.6 Å². The van der Waals surface area contributed by atoms with Gasteiger partial charge in [0.05, 0.1) is 16.2 Å². The Morgan fingerprint density at radius 2 is 1.95 bits per heavy atom. The molecule has 4 nitrogen and oxygen atoms in total. The number of nitrogens with one attached hydrogen (secondary N) is 1. The molecule has 0 saturated carbocycles. The zero-order chi connectivity index (χ0) is 15.2. The van der Waals surface area contributed by atoms with Crippen molar-refractivity contribution in [3.05, 3.63) is 60.7 Å². The van der Waals surface area contributed by atoms with Gasteiger partial charge in [-0.05, 0) is 62.9 Å². The Kier molecular flexibility index (Phi) is 5.97. The lowest BCUT2D eigenvalue weighted by molar-refractivity contribution is -0.120.